The summed E-state index contributed by atoms with van der Waals surface area (Å²) in [6.07, 6.45) is 23.8. The van der Waals surface area contributed by atoms with Gasteiger partial charge >= 0.3 is 0 Å². The molecule has 64 heavy (non-hydrogen) atoms. The summed E-state index contributed by atoms with van der Waals surface area (Å²) in [4.78, 5) is 0. The lowest BCUT2D eigenvalue weighted by Crippen LogP contribution is -3.00. The van der Waals surface area contributed by atoms with E-state index in [2.05, 4.69) is 112 Å². The number of nitrogens with zero attached hydrogens (tertiary/aromatic N) is 7. The molecule has 14 heteroatoms. The summed E-state index contributed by atoms with van der Waals surface area (Å²) in [5, 5.41) is 0. The molecule has 0 spiro atoms. The summed E-state index contributed by atoms with van der Waals surface area (Å²) in [5.74, 6) is 0. The van der Waals surface area contributed by atoms with Crippen LogP contribution < -0.4 is 86.8 Å². The van der Waals surface area contributed by atoms with Gasteiger partial charge in [0.1, 0.15) is 78.5 Å². The van der Waals surface area contributed by atoms with Gasteiger partial charge in [0.05, 0.1) is 110 Å². The van der Waals surface area contributed by atoms with Crippen LogP contribution >= 0.6 is 0 Å². The van der Waals surface area contributed by atoms with Crippen LogP contribution in [0.5, 0.6) is 0 Å². The van der Waals surface area contributed by atoms with E-state index in [1.165, 1.54) is 238 Å². The second-order valence-corrected chi connectivity index (χ2v) is 23.3. The highest BCUT2D eigenvalue weighted by molar-refractivity contribution is 4.61. The summed E-state index contributed by atoms with van der Waals surface area (Å²) in [5.41, 5.74) is 0. The molecule has 0 aromatic rings. The molecule has 6 fully saturated rings. The maximum atomic E-state index is 2.45. The summed E-state index contributed by atoms with van der Waals surface area (Å²) in [7, 11) is 25.2. The number of rotatable bonds is 22. The van der Waals surface area contributed by atoms with Gasteiger partial charge in [0.25, 0.3) is 0 Å². The lowest BCUT2D eigenvalue weighted by molar-refractivity contribution is -1.07. The number of hydrogen-bond acceptors (Lipinski definition) is 0. The fraction of sp³-hybridized carbons (Fsp3) is 1.00. The summed E-state index contributed by atoms with van der Waals surface area (Å²) in [6, 6.07) is 0. The van der Waals surface area contributed by atoms with E-state index in [1.54, 1.807) is 0 Å². The maximum absolute atomic E-state index is 2.45. The Morgan fingerprint density at radius 3 is 0.766 bits per heavy atom. The third kappa shape index (κ3) is 43.7. The van der Waals surface area contributed by atoms with E-state index in [0.717, 1.165) is 13.4 Å². The minimum absolute atomic E-state index is 0. The largest absolute Gasteiger partial charge is 1.00 e. The quantitative estimate of drug-likeness (QED) is 0.0749. The van der Waals surface area contributed by atoms with Gasteiger partial charge in [-0.1, -0.05) is 92.4 Å². The maximum Gasteiger partial charge on any atom is 0.129 e. The summed E-state index contributed by atoms with van der Waals surface area (Å²) in [6.45, 7) is 35.6. The molecule has 0 atom stereocenters. The van der Waals surface area contributed by atoms with E-state index >= 15 is 0 Å². The van der Waals surface area contributed by atoms with Crippen molar-refractivity contribution in [2.75, 3.05) is 189 Å². The molecule has 0 radical (unpaired) electrons. The molecule has 0 aromatic heterocycles. The first kappa shape index (κ1) is 82.7. The number of halogens is 7. The van der Waals surface area contributed by atoms with E-state index in [9.17, 15) is 0 Å². The number of quaternary nitrogens is 7. The van der Waals surface area contributed by atoms with Crippen LogP contribution in [0.2, 0.25) is 0 Å². The lowest BCUT2D eigenvalue weighted by atomic mass is 10.1. The first-order chi connectivity index (χ1) is 26.5. The van der Waals surface area contributed by atoms with E-state index in [4.69, 9.17) is 0 Å². The number of fused-ring (bicyclic) bond motifs is 6. The predicted octanol–water partition coefficient (Wildman–Crippen LogP) is -11.6. The van der Waals surface area contributed by atoms with E-state index < -0.39 is 0 Å². The molecule has 6 aliphatic rings. The zero-order chi connectivity index (χ0) is 43.5. The van der Waals surface area contributed by atoms with E-state index in [1.807, 2.05) is 0 Å². The van der Waals surface area contributed by atoms with E-state index in [0.29, 0.717) is 0 Å². The molecule has 6 saturated heterocycles. The third-order valence-electron chi connectivity index (χ3n) is 13.9. The molecule has 0 aliphatic carbocycles. The van der Waals surface area contributed by atoms with Crippen LogP contribution in [0.15, 0.2) is 0 Å². The molecule has 0 aromatic carbocycles. The van der Waals surface area contributed by atoms with Crippen molar-refractivity contribution in [3.63, 3.8) is 0 Å². The molecule has 6 aliphatic heterocycles. The van der Waals surface area contributed by atoms with Crippen molar-refractivity contribution in [2.24, 2.45) is 0 Å². The van der Waals surface area contributed by atoms with Crippen molar-refractivity contribution in [3.8, 4) is 0 Å². The average Bonchev–Trinajstić information content (AvgIpc) is 3.14. The van der Waals surface area contributed by atoms with Crippen molar-refractivity contribution >= 4 is 0 Å². The minimum Gasteiger partial charge on any atom is -1.00 e. The summed E-state index contributed by atoms with van der Waals surface area (Å²) >= 11 is 0. The van der Waals surface area contributed by atoms with Crippen molar-refractivity contribution in [1.82, 2.24) is 0 Å². The number of piperazine rings is 6. The highest BCUT2D eigenvalue weighted by atomic mass is 35.5. The minimum atomic E-state index is 0. The van der Waals surface area contributed by atoms with Gasteiger partial charge in [-0.05, 0) is 51.4 Å². The van der Waals surface area contributed by atoms with Crippen LogP contribution in [0.4, 0.5) is 0 Å². The second kappa shape index (κ2) is 43.5. The van der Waals surface area contributed by atoms with Crippen molar-refractivity contribution < 1.29 is 118 Å². The number of likely N-dealkylation sites (N-methyl/N-ethyl adjacent to an activating group) is 2. The van der Waals surface area contributed by atoms with Gasteiger partial charge in [0.15, 0.2) is 0 Å². The zero-order valence-electron chi connectivity index (χ0n) is 45.8. The molecule has 6 heterocycles. The summed E-state index contributed by atoms with van der Waals surface area (Å²) < 4.78 is 8.99. The topological polar surface area (TPSA) is 0 Å². The van der Waals surface area contributed by atoms with Crippen molar-refractivity contribution in [3.05, 3.63) is 0 Å². The average molecular weight is 1060 g/mol. The van der Waals surface area contributed by atoms with Gasteiger partial charge in [-0.3, -0.25) is 0 Å². The fourth-order valence-electron chi connectivity index (χ4n) is 9.09. The Kier molecular flexibility index (Phi) is 56.2. The Hall–Kier alpha value is 1.75. The van der Waals surface area contributed by atoms with Crippen LogP contribution in [0.1, 0.15) is 144 Å². The van der Waals surface area contributed by atoms with Crippen LogP contribution in [0, 0.1) is 0 Å². The Bertz CT molecular complexity index is 927. The molecule has 0 amide bonds. The van der Waals surface area contributed by atoms with Crippen LogP contribution in [0.3, 0.4) is 0 Å². The Morgan fingerprint density at radius 1 is 0.266 bits per heavy atom. The standard InChI is InChI=1S/C13H28N2.C11H26N.C10H22N2.C9H22N.C7H18N.7ClH/c1-3-4-5-6-7-15-11-8-14(2,9-12-15)10-13-15;1-5-6-7-8-9-10-11-12(2,3)4;1-3-4-12-8-5-11(2,6-9-12)7-10-12;1-5-6-7-8-9-10(2,3)4;1-5-6-7-8(2,3)4;;;;;;;/h3-13H2,1-2H3;5-11H2,1-4H3;3-10H2,1-2H3;5-9H2,1-4H3;5-7H2,1-4H3;7*1H/q+2;+1;+2;2*+1;;;;;;;/p-7. The lowest BCUT2D eigenvalue weighted by Gasteiger charge is -2.54. The molecule has 6 rings (SSSR count). The van der Waals surface area contributed by atoms with Crippen LogP contribution in [-0.4, -0.2) is 220 Å². The van der Waals surface area contributed by atoms with E-state index in [-0.39, 0.29) is 86.8 Å². The smallest absolute Gasteiger partial charge is 0.129 e. The SMILES string of the molecule is CCCCCCCC[N+](C)(C)C.CCCCCC[N+](C)(C)C.CCCCCC[N+]12CC[N+](C)(CC1)CC2.CCCC[N+](C)(C)C.CCC[N+]12CC[N+](C)(CC1)CC2.[Cl-].[Cl-].[Cl-].[Cl-].[Cl-].[Cl-].[Cl-]. The van der Waals surface area contributed by atoms with Crippen LogP contribution in [-0.2, 0) is 0 Å². The Balaban J connectivity index is -0.000000101. The highest BCUT2D eigenvalue weighted by Gasteiger charge is 2.47. The van der Waals surface area contributed by atoms with Gasteiger partial charge in [-0.25, -0.2) is 0 Å². The van der Waals surface area contributed by atoms with Gasteiger partial charge in [0.2, 0.25) is 0 Å². The van der Waals surface area contributed by atoms with Crippen molar-refractivity contribution in [2.45, 2.75) is 144 Å². The monoisotopic (exact) mass is 1060 g/mol. The van der Waals surface area contributed by atoms with Crippen molar-refractivity contribution in [1.29, 1.82) is 0 Å². The highest BCUT2D eigenvalue weighted by Crippen LogP contribution is 2.26. The number of hydrogen-bond donors (Lipinski definition) is 0. The molecule has 400 valence electrons. The molecule has 4 bridgehead atoms. The first-order valence-electron chi connectivity index (χ1n) is 25.3. The van der Waals surface area contributed by atoms with Gasteiger partial charge in [0, 0.05) is 0 Å². The zero-order valence-corrected chi connectivity index (χ0v) is 51.1. The Morgan fingerprint density at radius 2 is 0.500 bits per heavy atom. The third-order valence-corrected chi connectivity index (χ3v) is 13.9. The number of unbranched alkanes of at least 4 members (excludes halogenated alkanes) is 12. The van der Waals surface area contributed by atoms with Gasteiger partial charge in [-0.2, -0.15) is 0 Å². The Labute approximate surface area is 447 Å². The molecule has 0 N–H and O–H groups in total. The fourth-order valence-corrected chi connectivity index (χ4v) is 9.09. The second-order valence-electron chi connectivity index (χ2n) is 23.3. The molecular formula is C50H116Cl7N7. The normalized spacial score (nSPS) is 23.6. The molecule has 0 unspecified atom stereocenters. The molecular weight excluding hydrogens is 947 g/mol. The molecule has 0 saturated carbocycles. The molecule has 7 nitrogen and oxygen atoms in total. The van der Waals surface area contributed by atoms with Gasteiger partial charge in [-0.15, -0.1) is 0 Å². The first-order valence-corrected chi connectivity index (χ1v) is 25.3. The van der Waals surface area contributed by atoms with Crippen LogP contribution in [0.25, 0.3) is 0 Å². The van der Waals surface area contributed by atoms with Gasteiger partial charge < -0.3 is 118 Å². The predicted molar refractivity (Wildman–Crippen MR) is 257 cm³/mol.